The van der Waals surface area contributed by atoms with Crippen LogP contribution in [-0.2, 0) is 13.6 Å². The predicted molar refractivity (Wildman–Crippen MR) is 113 cm³/mol. The molecule has 3 aromatic rings. The second kappa shape index (κ2) is 8.35. The van der Waals surface area contributed by atoms with Gasteiger partial charge in [-0.2, -0.15) is 0 Å². The Hall–Kier alpha value is -2.66. The maximum Gasteiger partial charge on any atom is 0.203 e. The third kappa shape index (κ3) is 4.19. The lowest BCUT2D eigenvalue weighted by Gasteiger charge is -2.21. The fourth-order valence-electron chi connectivity index (χ4n) is 3.12. The monoisotopic (exact) mass is 384 g/mol. The third-order valence-corrected chi connectivity index (χ3v) is 5.01. The van der Waals surface area contributed by atoms with Crippen LogP contribution in [0.2, 0.25) is 5.02 Å². The van der Waals surface area contributed by atoms with Crippen molar-refractivity contribution in [2.45, 2.75) is 20.4 Å². The molecule has 0 unspecified atom stereocenters. The Labute approximate surface area is 165 Å². The molecule has 0 atom stereocenters. The van der Waals surface area contributed by atoms with E-state index < -0.39 is 0 Å². The SMILES string of the molecule is CCN(CC)c1ccc(CNc2ncc(-c3ccc(Cl)cc3)n2C)c(O)c1. The quantitative estimate of drug-likeness (QED) is 0.608. The number of nitrogens with zero attached hydrogens (tertiary/aromatic N) is 3. The first-order valence-corrected chi connectivity index (χ1v) is 9.49. The van der Waals surface area contributed by atoms with Gasteiger partial charge in [-0.15, -0.1) is 0 Å². The van der Waals surface area contributed by atoms with Crippen molar-refractivity contribution in [3.63, 3.8) is 0 Å². The molecule has 0 aliphatic heterocycles. The van der Waals surface area contributed by atoms with Gasteiger partial charge in [0.2, 0.25) is 5.95 Å². The number of nitrogens with one attached hydrogen (secondary N) is 1. The number of benzene rings is 2. The van der Waals surface area contributed by atoms with E-state index in [0.29, 0.717) is 17.3 Å². The molecule has 0 radical (unpaired) electrons. The summed E-state index contributed by atoms with van der Waals surface area (Å²) in [6.07, 6.45) is 1.83. The maximum absolute atomic E-state index is 10.4. The number of anilines is 2. The summed E-state index contributed by atoms with van der Waals surface area (Å²) in [6.45, 7) is 6.53. The number of aromatic hydroxyl groups is 1. The van der Waals surface area contributed by atoms with Crippen molar-refractivity contribution in [2.75, 3.05) is 23.3 Å². The lowest BCUT2D eigenvalue weighted by molar-refractivity contribution is 0.469. The molecular weight excluding hydrogens is 360 g/mol. The minimum Gasteiger partial charge on any atom is -0.508 e. The molecule has 0 amide bonds. The van der Waals surface area contributed by atoms with E-state index in [2.05, 4.69) is 29.0 Å². The van der Waals surface area contributed by atoms with Gasteiger partial charge in [0.1, 0.15) is 5.75 Å². The lowest BCUT2D eigenvalue weighted by atomic mass is 10.1. The summed E-state index contributed by atoms with van der Waals surface area (Å²) in [5.41, 5.74) is 3.91. The first kappa shape index (κ1) is 19.1. The van der Waals surface area contributed by atoms with Crippen molar-refractivity contribution in [3.8, 4) is 17.0 Å². The number of imidazole rings is 1. The molecule has 2 aromatic carbocycles. The highest BCUT2D eigenvalue weighted by Gasteiger charge is 2.11. The van der Waals surface area contributed by atoms with E-state index in [1.807, 2.05) is 60.3 Å². The molecule has 1 aromatic heterocycles. The summed E-state index contributed by atoms with van der Waals surface area (Å²) >= 11 is 5.96. The minimum absolute atomic E-state index is 0.291. The van der Waals surface area contributed by atoms with Gasteiger partial charge >= 0.3 is 0 Å². The van der Waals surface area contributed by atoms with Crippen LogP contribution in [0.1, 0.15) is 19.4 Å². The van der Waals surface area contributed by atoms with Crippen LogP contribution in [0.4, 0.5) is 11.6 Å². The zero-order chi connectivity index (χ0) is 19.4. The molecule has 142 valence electrons. The Morgan fingerprint density at radius 1 is 1.11 bits per heavy atom. The van der Waals surface area contributed by atoms with E-state index in [-0.39, 0.29) is 0 Å². The molecule has 0 aliphatic rings. The van der Waals surface area contributed by atoms with Crippen LogP contribution in [0, 0.1) is 0 Å². The van der Waals surface area contributed by atoms with Gasteiger partial charge in [0.25, 0.3) is 0 Å². The van der Waals surface area contributed by atoms with Gasteiger partial charge < -0.3 is 19.9 Å². The maximum atomic E-state index is 10.4. The average molecular weight is 385 g/mol. The molecule has 5 nitrogen and oxygen atoms in total. The topological polar surface area (TPSA) is 53.3 Å². The average Bonchev–Trinajstić information content (AvgIpc) is 3.03. The first-order chi connectivity index (χ1) is 13.0. The fourth-order valence-corrected chi connectivity index (χ4v) is 3.25. The Morgan fingerprint density at radius 3 is 2.44 bits per heavy atom. The number of hydrogen-bond donors (Lipinski definition) is 2. The molecule has 0 aliphatic carbocycles. The molecule has 0 saturated carbocycles. The summed E-state index contributed by atoms with van der Waals surface area (Å²) in [5, 5.41) is 14.4. The molecule has 3 rings (SSSR count). The highest BCUT2D eigenvalue weighted by Crippen LogP contribution is 2.27. The second-order valence-electron chi connectivity index (χ2n) is 6.37. The van der Waals surface area contributed by atoms with Gasteiger partial charge in [0.05, 0.1) is 11.9 Å². The van der Waals surface area contributed by atoms with Crippen LogP contribution in [0.3, 0.4) is 0 Å². The Balaban J connectivity index is 1.73. The number of phenols is 1. The van der Waals surface area contributed by atoms with Gasteiger partial charge in [-0.3, -0.25) is 0 Å². The number of hydrogen-bond acceptors (Lipinski definition) is 4. The normalized spacial score (nSPS) is 10.8. The number of rotatable bonds is 7. The van der Waals surface area contributed by atoms with Crippen LogP contribution in [0.15, 0.2) is 48.7 Å². The Bertz CT molecular complexity index is 901. The number of phenolic OH excluding ortho intramolecular Hbond substituents is 1. The van der Waals surface area contributed by atoms with Crippen molar-refractivity contribution < 1.29 is 5.11 Å². The van der Waals surface area contributed by atoms with Gasteiger partial charge in [-0.25, -0.2) is 4.98 Å². The highest BCUT2D eigenvalue weighted by molar-refractivity contribution is 6.30. The summed E-state index contributed by atoms with van der Waals surface area (Å²) in [4.78, 5) is 6.66. The zero-order valence-corrected chi connectivity index (χ0v) is 16.7. The lowest BCUT2D eigenvalue weighted by Crippen LogP contribution is -2.21. The van der Waals surface area contributed by atoms with E-state index in [4.69, 9.17) is 11.6 Å². The molecule has 6 heteroatoms. The van der Waals surface area contributed by atoms with Crippen LogP contribution in [-0.4, -0.2) is 27.7 Å². The van der Waals surface area contributed by atoms with Gasteiger partial charge in [0, 0.05) is 49.0 Å². The third-order valence-electron chi connectivity index (χ3n) is 4.76. The fraction of sp³-hybridized carbons (Fsp3) is 0.286. The standard InChI is InChI=1S/C21H25ClN4O/c1-4-26(5-2)18-11-8-16(20(27)12-18)13-23-21-24-14-19(25(21)3)15-6-9-17(22)10-7-15/h6-12,14,27H,4-5,13H2,1-3H3,(H,23,24). The van der Waals surface area contributed by atoms with E-state index in [9.17, 15) is 5.11 Å². The van der Waals surface area contributed by atoms with Crippen LogP contribution >= 0.6 is 11.6 Å². The summed E-state index contributed by atoms with van der Waals surface area (Å²) in [7, 11) is 1.96. The van der Waals surface area contributed by atoms with Crippen LogP contribution in [0.25, 0.3) is 11.3 Å². The van der Waals surface area contributed by atoms with Crippen molar-refractivity contribution >= 4 is 23.2 Å². The van der Waals surface area contributed by atoms with Crippen molar-refractivity contribution in [3.05, 3.63) is 59.2 Å². The summed E-state index contributed by atoms with van der Waals surface area (Å²) in [6, 6.07) is 13.5. The summed E-state index contributed by atoms with van der Waals surface area (Å²) < 4.78 is 1.99. The molecule has 27 heavy (non-hydrogen) atoms. The van der Waals surface area contributed by atoms with Gasteiger partial charge in [0.15, 0.2) is 0 Å². The molecule has 1 heterocycles. The second-order valence-corrected chi connectivity index (χ2v) is 6.81. The van der Waals surface area contributed by atoms with E-state index >= 15 is 0 Å². The molecule has 0 fully saturated rings. The van der Waals surface area contributed by atoms with E-state index in [0.717, 1.165) is 41.5 Å². The summed E-state index contributed by atoms with van der Waals surface area (Å²) in [5.74, 6) is 1.03. The van der Waals surface area contributed by atoms with Crippen LogP contribution < -0.4 is 10.2 Å². The molecule has 0 saturated heterocycles. The van der Waals surface area contributed by atoms with Crippen molar-refractivity contribution in [2.24, 2.45) is 7.05 Å². The zero-order valence-electron chi connectivity index (χ0n) is 15.9. The molecule has 2 N–H and O–H groups in total. The smallest absolute Gasteiger partial charge is 0.203 e. The molecular formula is C21H25ClN4O. The predicted octanol–water partition coefficient (Wildman–Crippen LogP) is 4.90. The molecule has 0 bridgehead atoms. The van der Waals surface area contributed by atoms with Crippen molar-refractivity contribution in [1.29, 1.82) is 0 Å². The first-order valence-electron chi connectivity index (χ1n) is 9.11. The van der Waals surface area contributed by atoms with Crippen LogP contribution in [0.5, 0.6) is 5.75 Å². The Kier molecular flexibility index (Phi) is 5.91. The van der Waals surface area contributed by atoms with E-state index in [1.165, 1.54) is 0 Å². The Morgan fingerprint density at radius 2 is 1.81 bits per heavy atom. The van der Waals surface area contributed by atoms with E-state index in [1.54, 1.807) is 0 Å². The number of aromatic nitrogens is 2. The largest absolute Gasteiger partial charge is 0.508 e. The number of halogens is 1. The van der Waals surface area contributed by atoms with Gasteiger partial charge in [-0.1, -0.05) is 29.8 Å². The van der Waals surface area contributed by atoms with Crippen molar-refractivity contribution in [1.82, 2.24) is 9.55 Å². The van der Waals surface area contributed by atoms with Gasteiger partial charge in [-0.05, 0) is 37.6 Å². The molecule has 0 spiro atoms. The highest BCUT2D eigenvalue weighted by atomic mass is 35.5. The minimum atomic E-state index is 0.291.